The van der Waals surface area contributed by atoms with E-state index in [1.54, 1.807) is 0 Å². The van der Waals surface area contributed by atoms with Crippen molar-refractivity contribution < 1.29 is 14.6 Å². The Morgan fingerprint density at radius 1 is 1.50 bits per heavy atom. The third-order valence-corrected chi connectivity index (χ3v) is 4.25. The number of halogens is 1. The number of hydrogen-bond acceptors (Lipinski definition) is 3. The first-order chi connectivity index (χ1) is 9.28. The molecular formula is C15H20BrNO3. The Morgan fingerprint density at radius 2 is 2.15 bits per heavy atom. The molecule has 2 rings (SSSR count). The molecule has 1 aliphatic heterocycles. The molecule has 1 fully saturated rings. The van der Waals surface area contributed by atoms with E-state index in [2.05, 4.69) is 27.9 Å². The van der Waals surface area contributed by atoms with Gasteiger partial charge in [-0.25, -0.2) is 0 Å². The van der Waals surface area contributed by atoms with E-state index < -0.39 is 11.4 Å². The second-order valence-electron chi connectivity index (χ2n) is 6.06. The number of ether oxygens (including phenoxy) is 1. The molecular weight excluding hydrogens is 322 g/mol. The number of rotatable bonds is 5. The fourth-order valence-corrected chi connectivity index (χ4v) is 2.87. The van der Waals surface area contributed by atoms with E-state index in [1.807, 2.05) is 32.0 Å². The number of nitrogens with zero attached hydrogens (tertiary/aromatic N) is 1. The van der Waals surface area contributed by atoms with Crippen LogP contribution in [0.5, 0.6) is 5.75 Å². The van der Waals surface area contributed by atoms with Gasteiger partial charge in [0.2, 0.25) is 0 Å². The van der Waals surface area contributed by atoms with E-state index in [4.69, 9.17) is 9.84 Å². The van der Waals surface area contributed by atoms with Crippen LogP contribution in [-0.4, -0.2) is 42.2 Å². The molecule has 1 aliphatic rings. The molecule has 20 heavy (non-hydrogen) atoms. The monoisotopic (exact) mass is 341 g/mol. The van der Waals surface area contributed by atoms with Gasteiger partial charge in [-0.1, -0.05) is 19.9 Å². The molecule has 0 saturated carbocycles. The number of likely N-dealkylation sites (N-methyl/N-ethyl adjacent to an activating group) is 1. The van der Waals surface area contributed by atoms with Gasteiger partial charge in [-0.05, 0) is 40.7 Å². The lowest BCUT2D eigenvalue weighted by molar-refractivity contribution is -0.138. The second-order valence-corrected chi connectivity index (χ2v) is 6.92. The Kier molecular flexibility index (Phi) is 4.39. The van der Waals surface area contributed by atoms with Crippen LogP contribution in [0.25, 0.3) is 0 Å². The van der Waals surface area contributed by atoms with E-state index in [0.717, 1.165) is 28.9 Å². The minimum Gasteiger partial charge on any atom is -0.487 e. The minimum atomic E-state index is -0.788. The number of benzene rings is 1. The first-order valence-electron chi connectivity index (χ1n) is 6.65. The first-order valence-corrected chi connectivity index (χ1v) is 7.44. The molecule has 1 aromatic carbocycles. The normalized spacial score (nSPS) is 16.8. The summed E-state index contributed by atoms with van der Waals surface area (Å²) in [5, 5.41) is 8.98. The number of carboxylic acids is 1. The molecule has 1 aromatic rings. The summed E-state index contributed by atoms with van der Waals surface area (Å²) in [4.78, 5) is 13.1. The summed E-state index contributed by atoms with van der Waals surface area (Å²) in [5.74, 6) is 0.0296. The van der Waals surface area contributed by atoms with Crippen molar-refractivity contribution in [3.8, 4) is 5.75 Å². The highest BCUT2D eigenvalue weighted by molar-refractivity contribution is 9.10. The van der Waals surface area contributed by atoms with Crippen LogP contribution in [0.4, 0.5) is 0 Å². The smallest absolute Gasteiger partial charge is 0.304 e. The van der Waals surface area contributed by atoms with Gasteiger partial charge in [-0.15, -0.1) is 0 Å². The van der Waals surface area contributed by atoms with Crippen molar-refractivity contribution in [1.29, 1.82) is 0 Å². The maximum absolute atomic E-state index is 10.9. The van der Waals surface area contributed by atoms with Gasteiger partial charge in [0.05, 0.1) is 10.9 Å². The van der Waals surface area contributed by atoms with Crippen LogP contribution < -0.4 is 4.74 Å². The van der Waals surface area contributed by atoms with E-state index in [0.29, 0.717) is 0 Å². The number of carboxylic acid groups (broad SMARTS) is 1. The van der Waals surface area contributed by atoms with E-state index in [-0.39, 0.29) is 12.5 Å². The van der Waals surface area contributed by atoms with Gasteiger partial charge in [0, 0.05) is 18.5 Å². The molecule has 110 valence electrons. The van der Waals surface area contributed by atoms with Gasteiger partial charge in [0.15, 0.2) is 0 Å². The van der Waals surface area contributed by atoms with Crippen LogP contribution in [0.15, 0.2) is 22.7 Å². The van der Waals surface area contributed by atoms with E-state index in [1.165, 1.54) is 0 Å². The van der Waals surface area contributed by atoms with Crippen molar-refractivity contribution in [2.24, 2.45) is 0 Å². The third-order valence-electron chi connectivity index (χ3n) is 3.63. The van der Waals surface area contributed by atoms with Gasteiger partial charge in [-0.3, -0.25) is 9.69 Å². The second kappa shape index (κ2) is 5.74. The topological polar surface area (TPSA) is 49.8 Å². The van der Waals surface area contributed by atoms with Gasteiger partial charge in [0.1, 0.15) is 11.9 Å². The van der Waals surface area contributed by atoms with Gasteiger partial charge in [0.25, 0.3) is 0 Å². The number of likely N-dealkylation sites (tertiary alicyclic amines) is 1. The molecule has 1 N–H and O–H groups in total. The van der Waals surface area contributed by atoms with Crippen molar-refractivity contribution in [3.63, 3.8) is 0 Å². The Bertz CT molecular complexity index is 510. The number of hydrogen-bond donors (Lipinski definition) is 1. The Labute approximate surface area is 127 Å². The van der Waals surface area contributed by atoms with Crippen LogP contribution in [0.3, 0.4) is 0 Å². The zero-order chi connectivity index (χ0) is 14.9. The van der Waals surface area contributed by atoms with Crippen molar-refractivity contribution in [2.75, 3.05) is 20.1 Å². The van der Waals surface area contributed by atoms with Gasteiger partial charge in [-0.2, -0.15) is 0 Å². The number of aliphatic carboxylic acids is 1. The molecule has 0 aliphatic carbocycles. The standard InChI is InChI=1S/C15H20BrNO3/c1-15(2,7-14(18)19)10-4-5-13(12(16)6-10)20-11-8-17(3)9-11/h4-6,11H,7-9H2,1-3H3,(H,18,19). The highest BCUT2D eigenvalue weighted by Crippen LogP contribution is 2.34. The molecule has 0 atom stereocenters. The molecule has 0 radical (unpaired) electrons. The van der Waals surface area contributed by atoms with Crippen LogP contribution >= 0.6 is 15.9 Å². The summed E-state index contributed by atoms with van der Waals surface area (Å²) >= 11 is 3.52. The maximum atomic E-state index is 10.9. The lowest BCUT2D eigenvalue weighted by Crippen LogP contribution is -2.51. The molecule has 0 amide bonds. The van der Waals surface area contributed by atoms with E-state index >= 15 is 0 Å². The highest BCUT2D eigenvalue weighted by Gasteiger charge is 2.27. The van der Waals surface area contributed by atoms with Crippen molar-refractivity contribution in [2.45, 2.75) is 31.8 Å². The molecule has 1 heterocycles. The summed E-state index contributed by atoms with van der Waals surface area (Å²) in [6, 6.07) is 5.83. The molecule has 0 spiro atoms. The summed E-state index contributed by atoms with van der Waals surface area (Å²) < 4.78 is 6.77. The van der Waals surface area contributed by atoms with Crippen LogP contribution in [0.2, 0.25) is 0 Å². The fourth-order valence-electron chi connectivity index (χ4n) is 2.39. The van der Waals surface area contributed by atoms with Crippen molar-refractivity contribution >= 4 is 21.9 Å². The van der Waals surface area contributed by atoms with Crippen molar-refractivity contribution in [3.05, 3.63) is 28.2 Å². The summed E-state index contributed by atoms with van der Waals surface area (Å²) in [6.07, 6.45) is 0.349. The van der Waals surface area contributed by atoms with Crippen LogP contribution in [0.1, 0.15) is 25.8 Å². The summed E-state index contributed by atoms with van der Waals surface area (Å²) in [5.41, 5.74) is 0.591. The SMILES string of the molecule is CN1CC(Oc2ccc(C(C)(C)CC(=O)O)cc2Br)C1. The fraction of sp³-hybridized carbons (Fsp3) is 0.533. The molecule has 5 heteroatoms. The largest absolute Gasteiger partial charge is 0.487 e. The summed E-state index contributed by atoms with van der Waals surface area (Å²) in [7, 11) is 2.06. The predicted octanol–water partition coefficient (Wildman–Crippen LogP) is 2.89. The van der Waals surface area contributed by atoms with E-state index in [9.17, 15) is 4.79 Å². The quantitative estimate of drug-likeness (QED) is 0.894. The third kappa shape index (κ3) is 3.52. The molecule has 1 saturated heterocycles. The average molecular weight is 342 g/mol. The zero-order valence-electron chi connectivity index (χ0n) is 12.0. The molecule has 0 aromatic heterocycles. The lowest BCUT2D eigenvalue weighted by Gasteiger charge is -2.36. The molecule has 4 nitrogen and oxygen atoms in total. The van der Waals surface area contributed by atoms with Crippen LogP contribution in [0, 0.1) is 0 Å². The lowest BCUT2D eigenvalue weighted by atomic mass is 9.81. The van der Waals surface area contributed by atoms with Crippen molar-refractivity contribution in [1.82, 2.24) is 4.90 Å². The zero-order valence-corrected chi connectivity index (χ0v) is 13.6. The molecule has 0 bridgehead atoms. The maximum Gasteiger partial charge on any atom is 0.304 e. The average Bonchev–Trinajstić information content (AvgIpc) is 2.27. The molecule has 0 unspecified atom stereocenters. The van der Waals surface area contributed by atoms with Gasteiger partial charge >= 0.3 is 5.97 Å². The Hall–Kier alpha value is -1.07. The first kappa shape index (κ1) is 15.3. The Balaban J connectivity index is 2.10. The predicted molar refractivity (Wildman–Crippen MR) is 81.3 cm³/mol. The van der Waals surface area contributed by atoms with Gasteiger partial charge < -0.3 is 9.84 Å². The Morgan fingerprint density at radius 3 is 2.65 bits per heavy atom. The summed E-state index contributed by atoms with van der Waals surface area (Å²) in [6.45, 7) is 5.76. The minimum absolute atomic E-state index is 0.104. The highest BCUT2D eigenvalue weighted by atomic mass is 79.9. The van der Waals surface area contributed by atoms with Crippen LogP contribution in [-0.2, 0) is 10.2 Å². The number of carbonyl (C=O) groups is 1.